The van der Waals surface area contributed by atoms with Gasteiger partial charge in [0.05, 0.1) is 16.6 Å². The average molecular weight is 830 g/mol. The number of imidazole rings is 1. The highest BCUT2D eigenvalue weighted by Crippen LogP contribution is 2.43. The molecule has 0 amide bonds. The fraction of sp³-hybridized carbons (Fsp3) is 0.0357. The van der Waals surface area contributed by atoms with E-state index in [0.717, 1.165) is 61.4 Å². The van der Waals surface area contributed by atoms with Crippen LogP contribution in [0.15, 0.2) is 219 Å². The second kappa shape index (κ2) is 14.6. The molecule has 12 rings (SSSR count). The summed E-state index contributed by atoms with van der Waals surface area (Å²) < 4.78 is 21.4. The van der Waals surface area contributed by atoms with E-state index < -0.39 is 14.2 Å². The minimum Gasteiger partial charge on any atom is -0.327 e. The molecule has 0 aliphatic carbocycles. The molecule has 0 saturated carbocycles. The van der Waals surface area contributed by atoms with Crippen molar-refractivity contribution in [2.24, 2.45) is 7.05 Å². The summed E-state index contributed by atoms with van der Waals surface area (Å²) in [5.74, 6) is 0.803. The zero-order valence-electron chi connectivity index (χ0n) is 34.5. The quantitative estimate of drug-likeness (QED) is 0.150. The molecule has 7 heteroatoms. The predicted molar refractivity (Wildman–Crippen MR) is 260 cm³/mol. The number of hydrogen-bond acceptors (Lipinski definition) is 3. The number of rotatable bonds is 7. The van der Waals surface area contributed by atoms with Crippen LogP contribution in [0.25, 0.3) is 50.0 Å². The van der Waals surface area contributed by atoms with Gasteiger partial charge < -0.3 is 9.47 Å². The molecule has 1 aliphatic rings. The first-order valence-corrected chi connectivity index (χ1v) is 23.4. The Bertz CT molecular complexity index is 3470. The van der Waals surface area contributed by atoms with E-state index in [1.165, 1.54) is 26.4 Å². The number of alkyl halides is 1. The summed E-state index contributed by atoms with van der Waals surface area (Å²) in [5.41, 5.74) is 10.1. The Labute approximate surface area is 365 Å². The number of pyridine rings is 1. The highest BCUT2D eigenvalue weighted by atomic mass is 28.3. The third-order valence-corrected chi connectivity index (χ3v) is 17.8. The molecule has 300 valence electrons. The van der Waals surface area contributed by atoms with Gasteiger partial charge in [-0.2, -0.15) is 0 Å². The topological polar surface area (TPSA) is 38.9 Å². The van der Waals surface area contributed by atoms with E-state index in [2.05, 4.69) is 160 Å². The largest absolute Gasteiger partial charge is 0.327 e. The van der Waals surface area contributed by atoms with Gasteiger partial charge in [-0.15, -0.1) is 0 Å². The normalized spacial score (nSPS) is 13.6. The Kier molecular flexibility index (Phi) is 8.59. The van der Waals surface area contributed by atoms with Crippen molar-refractivity contribution in [3.63, 3.8) is 0 Å². The summed E-state index contributed by atoms with van der Waals surface area (Å²) in [6, 6.07) is 74.4. The van der Waals surface area contributed by atoms with E-state index in [9.17, 15) is 0 Å². The molecule has 0 bridgehead atoms. The number of nitrogens with zero attached hydrogens (tertiary/aromatic N) is 5. The molecule has 3 aromatic heterocycles. The fourth-order valence-corrected chi connectivity index (χ4v) is 15.6. The maximum Gasteiger partial charge on any atom is 0.184 e. The zero-order chi connectivity index (χ0) is 42.1. The van der Waals surface area contributed by atoms with E-state index >= 15 is 4.39 Å². The molecular weight excluding hydrogens is 790 g/mol. The first kappa shape index (κ1) is 36.9. The molecule has 1 unspecified atom stereocenters. The van der Waals surface area contributed by atoms with Crippen LogP contribution in [0.2, 0.25) is 0 Å². The third kappa shape index (κ3) is 5.60. The van der Waals surface area contributed by atoms with Gasteiger partial charge in [0, 0.05) is 52.3 Å². The molecule has 0 spiro atoms. The molecule has 0 radical (unpaired) electrons. The Morgan fingerprint density at radius 1 is 0.540 bits per heavy atom. The first-order chi connectivity index (χ1) is 31.1. The van der Waals surface area contributed by atoms with E-state index in [1.807, 2.05) is 80.0 Å². The zero-order valence-corrected chi connectivity index (χ0v) is 35.5. The highest BCUT2D eigenvalue weighted by molar-refractivity contribution is 7.22. The van der Waals surface area contributed by atoms with Gasteiger partial charge in [-0.3, -0.25) is 4.57 Å². The van der Waals surface area contributed by atoms with Crippen LogP contribution in [0.1, 0.15) is 17.3 Å². The van der Waals surface area contributed by atoms with Crippen LogP contribution < -0.4 is 25.6 Å². The number of benzene rings is 8. The lowest BCUT2D eigenvalue weighted by Gasteiger charge is -2.45. The Hall–Kier alpha value is -7.87. The molecule has 11 aromatic rings. The molecule has 1 atom stereocenters. The van der Waals surface area contributed by atoms with Crippen molar-refractivity contribution in [3.05, 3.63) is 230 Å². The SMILES string of the molecule is Cn1c(-c2cccc(C(F)c3cccc(-n4c5ccc6c(c5c5cccnc54)[Si](c4ccccc4)(c4ccccc4)c4ccccc4N6c4ccccc4)c3)c2)nc2ccccc21. The van der Waals surface area contributed by atoms with Crippen molar-refractivity contribution in [2.45, 2.75) is 6.17 Å². The van der Waals surface area contributed by atoms with Crippen molar-refractivity contribution in [3.8, 4) is 17.1 Å². The van der Waals surface area contributed by atoms with E-state index in [4.69, 9.17) is 9.97 Å². The van der Waals surface area contributed by atoms with E-state index in [1.54, 1.807) is 0 Å². The molecule has 0 fully saturated rings. The molecule has 5 nitrogen and oxygen atoms in total. The number of para-hydroxylation sites is 4. The highest BCUT2D eigenvalue weighted by Gasteiger charge is 2.50. The predicted octanol–water partition coefficient (Wildman–Crippen LogP) is 11.0. The second-order valence-electron chi connectivity index (χ2n) is 16.3. The minimum atomic E-state index is -3.09. The standard InChI is InChI=1S/C56H40FN5Si/c1-60-47-30-12-11-29-46(47)59-55(60)40-20-15-18-38(36-40)53(57)39-19-16-23-42(37-39)62-49-33-34-50-54(52(49)45-28-17-35-58-56(45)62)63(43-24-7-3-8-25-43,44-26-9-4-10-27-44)51-32-14-13-31-48(51)61(50)41-21-5-2-6-22-41/h2-37,53H,1H3. The smallest absolute Gasteiger partial charge is 0.184 e. The fourth-order valence-electron chi connectivity index (χ4n) is 10.3. The summed E-state index contributed by atoms with van der Waals surface area (Å²) in [6.45, 7) is 0. The number of aryl methyl sites for hydroxylation is 1. The van der Waals surface area contributed by atoms with Crippen LogP contribution in [0, 0.1) is 0 Å². The molecule has 0 saturated heterocycles. The lowest BCUT2D eigenvalue weighted by atomic mass is 10.00. The molecule has 0 N–H and O–H groups in total. The number of aromatic nitrogens is 4. The van der Waals surface area contributed by atoms with Crippen molar-refractivity contribution >= 4 is 78.9 Å². The molecular formula is C56H40FN5Si. The Morgan fingerprint density at radius 3 is 1.95 bits per heavy atom. The van der Waals surface area contributed by atoms with Crippen LogP contribution in [-0.2, 0) is 7.05 Å². The summed E-state index contributed by atoms with van der Waals surface area (Å²) in [7, 11) is -1.08. The van der Waals surface area contributed by atoms with Gasteiger partial charge in [0.15, 0.2) is 14.2 Å². The Balaban J connectivity index is 1.10. The van der Waals surface area contributed by atoms with Gasteiger partial charge >= 0.3 is 0 Å². The van der Waals surface area contributed by atoms with Crippen molar-refractivity contribution in [2.75, 3.05) is 4.90 Å². The number of fused-ring (bicyclic) bond motifs is 7. The maximum atomic E-state index is 17.1. The summed E-state index contributed by atoms with van der Waals surface area (Å²) >= 11 is 0. The van der Waals surface area contributed by atoms with Crippen LogP contribution in [0.5, 0.6) is 0 Å². The van der Waals surface area contributed by atoms with Crippen molar-refractivity contribution in [1.82, 2.24) is 19.1 Å². The summed E-state index contributed by atoms with van der Waals surface area (Å²) in [6.07, 6.45) is 0.490. The van der Waals surface area contributed by atoms with Crippen molar-refractivity contribution in [1.29, 1.82) is 0 Å². The molecule has 4 heterocycles. The van der Waals surface area contributed by atoms with Gasteiger partial charge in [0.1, 0.15) is 11.5 Å². The van der Waals surface area contributed by atoms with E-state index in [0.29, 0.717) is 11.1 Å². The number of halogens is 1. The van der Waals surface area contributed by atoms with Gasteiger partial charge in [0.25, 0.3) is 0 Å². The molecule has 8 aromatic carbocycles. The van der Waals surface area contributed by atoms with Crippen LogP contribution in [0.3, 0.4) is 0 Å². The van der Waals surface area contributed by atoms with Gasteiger partial charge in [0.2, 0.25) is 0 Å². The van der Waals surface area contributed by atoms with Crippen LogP contribution >= 0.6 is 0 Å². The van der Waals surface area contributed by atoms with Gasteiger partial charge in [-0.1, -0.05) is 140 Å². The average Bonchev–Trinajstić information content (AvgIpc) is 3.88. The first-order valence-electron chi connectivity index (χ1n) is 21.4. The third-order valence-electron chi connectivity index (χ3n) is 12.9. The van der Waals surface area contributed by atoms with E-state index in [-0.39, 0.29) is 0 Å². The lowest BCUT2D eigenvalue weighted by Crippen LogP contribution is -2.77. The maximum absolute atomic E-state index is 17.1. The Morgan fingerprint density at radius 2 is 1.19 bits per heavy atom. The summed E-state index contributed by atoms with van der Waals surface area (Å²) in [4.78, 5) is 12.5. The minimum absolute atomic E-state index is 0.569. The number of anilines is 3. The van der Waals surface area contributed by atoms with Crippen LogP contribution in [0.4, 0.5) is 21.5 Å². The van der Waals surface area contributed by atoms with Gasteiger partial charge in [-0.05, 0) is 105 Å². The van der Waals surface area contributed by atoms with Crippen molar-refractivity contribution < 1.29 is 4.39 Å². The number of hydrogen-bond donors (Lipinski definition) is 0. The lowest BCUT2D eigenvalue weighted by molar-refractivity contribution is 0.402. The molecule has 1 aliphatic heterocycles. The summed E-state index contributed by atoms with van der Waals surface area (Å²) in [5, 5.41) is 7.44. The molecule has 63 heavy (non-hydrogen) atoms. The monoisotopic (exact) mass is 829 g/mol. The van der Waals surface area contributed by atoms with Gasteiger partial charge in [-0.25, -0.2) is 14.4 Å². The second-order valence-corrected chi connectivity index (χ2v) is 20.0. The van der Waals surface area contributed by atoms with Crippen LogP contribution in [-0.4, -0.2) is 27.2 Å².